The molecule has 0 aliphatic carbocycles. The van der Waals surface area contributed by atoms with Crippen molar-refractivity contribution in [2.24, 2.45) is 0 Å². The van der Waals surface area contributed by atoms with Crippen LogP contribution in [0.25, 0.3) is 0 Å². The Kier molecular flexibility index (Phi) is 6.22. The van der Waals surface area contributed by atoms with Gasteiger partial charge in [0.25, 0.3) is 0 Å². The number of rotatable bonds is 5. The van der Waals surface area contributed by atoms with Gasteiger partial charge in [-0.05, 0) is 34.9 Å². The second-order valence-electron chi connectivity index (χ2n) is 7.55. The van der Waals surface area contributed by atoms with Gasteiger partial charge in [0.05, 0.1) is 13.2 Å². The Morgan fingerprint density at radius 1 is 1.03 bits per heavy atom. The highest BCUT2D eigenvalue weighted by atomic mass is 16.6. The van der Waals surface area contributed by atoms with Crippen LogP contribution < -0.4 is 0 Å². The molecular weight excluding hydrogens is 386 g/mol. The molecular formula is C20H27N7O3. The first-order chi connectivity index (χ1) is 14.6. The first-order valence-electron chi connectivity index (χ1n) is 10.4. The number of fused-ring (bicyclic) bond motifs is 1. The SMILES string of the molecule is CCOC(=O)N1CCN(C(=O)Cn2nnnc2CN2CCc3ccccc3C2)CC1. The molecule has 10 heteroatoms. The zero-order chi connectivity index (χ0) is 20.9. The lowest BCUT2D eigenvalue weighted by Gasteiger charge is -2.34. The standard InChI is InChI=1S/C20H27N7O3/c1-2-30-20(29)26-11-9-25(10-12-26)19(28)15-27-18(21-22-23-27)14-24-8-7-16-5-3-4-6-17(16)13-24/h3-6H,2,7-15H2,1H3. The number of piperazine rings is 1. The smallest absolute Gasteiger partial charge is 0.409 e. The van der Waals surface area contributed by atoms with Gasteiger partial charge in [-0.3, -0.25) is 9.69 Å². The number of ether oxygens (including phenoxy) is 1. The monoisotopic (exact) mass is 413 g/mol. The second kappa shape index (κ2) is 9.21. The van der Waals surface area contributed by atoms with Crippen LogP contribution in [0.3, 0.4) is 0 Å². The average Bonchev–Trinajstić information content (AvgIpc) is 3.20. The minimum Gasteiger partial charge on any atom is -0.450 e. The van der Waals surface area contributed by atoms with Gasteiger partial charge in [-0.1, -0.05) is 24.3 Å². The summed E-state index contributed by atoms with van der Waals surface area (Å²) in [5.74, 6) is 0.643. The van der Waals surface area contributed by atoms with Crippen LogP contribution in [0.15, 0.2) is 24.3 Å². The van der Waals surface area contributed by atoms with Crippen molar-refractivity contribution in [2.45, 2.75) is 33.0 Å². The zero-order valence-electron chi connectivity index (χ0n) is 17.2. The second-order valence-corrected chi connectivity index (χ2v) is 7.55. The normalized spacial score (nSPS) is 17.0. The first kappa shape index (κ1) is 20.3. The molecule has 0 saturated carbocycles. The molecule has 3 heterocycles. The van der Waals surface area contributed by atoms with E-state index in [1.807, 2.05) is 0 Å². The molecule has 30 heavy (non-hydrogen) atoms. The van der Waals surface area contributed by atoms with Crippen LogP contribution in [0.1, 0.15) is 23.9 Å². The Balaban J connectivity index is 1.31. The van der Waals surface area contributed by atoms with Crippen LogP contribution in [-0.2, 0) is 35.6 Å². The third kappa shape index (κ3) is 4.59. The fourth-order valence-electron chi connectivity index (χ4n) is 3.93. The molecule has 0 bridgehead atoms. The van der Waals surface area contributed by atoms with Crippen molar-refractivity contribution in [3.05, 3.63) is 41.2 Å². The summed E-state index contributed by atoms with van der Waals surface area (Å²) >= 11 is 0. The Hall–Kier alpha value is -3.01. The predicted octanol–water partition coefficient (Wildman–Crippen LogP) is 0.532. The van der Waals surface area contributed by atoms with Crippen LogP contribution in [-0.4, -0.2) is 86.2 Å². The van der Waals surface area contributed by atoms with Gasteiger partial charge >= 0.3 is 6.09 Å². The van der Waals surface area contributed by atoms with Crippen molar-refractivity contribution >= 4 is 12.0 Å². The van der Waals surface area contributed by atoms with Crippen molar-refractivity contribution in [2.75, 3.05) is 39.3 Å². The molecule has 2 aliphatic heterocycles. The molecule has 0 unspecified atom stereocenters. The van der Waals surface area contributed by atoms with E-state index in [-0.39, 0.29) is 18.5 Å². The Bertz CT molecular complexity index is 892. The van der Waals surface area contributed by atoms with Crippen molar-refractivity contribution in [3.8, 4) is 0 Å². The molecule has 1 aromatic carbocycles. The molecule has 160 valence electrons. The first-order valence-corrected chi connectivity index (χ1v) is 10.4. The van der Waals surface area contributed by atoms with E-state index in [1.165, 1.54) is 11.1 Å². The quantitative estimate of drug-likeness (QED) is 0.705. The van der Waals surface area contributed by atoms with Crippen LogP contribution in [0.4, 0.5) is 4.79 Å². The molecule has 2 amide bonds. The summed E-state index contributed by atoms with van der Waals surface area (Å²) in [6.07, 6.45) is 0.678. The molecule has 4 rings (SSSR count). The fraction of sp³-hybridized carbons (Fsp3) is 0.550. The number of benzene rings is 1. The third-order valence-electron chi connectivity index (χ3n) is 5.62. The van der Waals surface area contributed by atoms with Gasteiger partial charge in [-0.15, -0.1) is 5.10 Å². The maximum Gasteiger partial charge on any atom is 0.409 e. The Morgan fingerprint density at radius 3 is 2.53 bits per heavy atom. The molecule has 2 aromatic rings. The number of nitrogens with zero attached hydrogens (tertiary/aromatic N) is 7. The maximum atomic E-state index is 12.7. The number of aromatic nitrogens is 4. The molecule has 0 N–H and O–H groups in total. The predicted molar refractivity (Wildman–Crippen MR) is 107 cm³/mol. The van der Waals surface area contributed by atoms with E-state index in [4.69, 9.17) is 4.74 Å². The molecule has 0 spiro atoms. The van der Waals surface area contributed by atoms with Crippen molar-refractivity contribution in [1.82, 2.24) is 34.9 Å². The average molecular weight is 413 g/mol. The number of hydrogen-bond donors (Lipinski definition) is 0. The fourth-order valence-corrected chi connectivity index (χ4v) is 3.93. The molecule has 2 aliphatic rings. The van der Waals surface area contributed by atoms with E-state index in [9.17, 15) is 9.59 Å². The van der Waals surface area contributed by atoms with Gasteiger partial charge in [-0.25, -0.2) is 9.48 Å². The van der Waals surface area contributed by atoms with Gasteiger partial charge in [0.15, 0.2) is 5.82 Å². The molecule has 1 fully saturated rings. The summed E-state index contributed by atoms with van der Waals surface area (Å²) < 4.78 is 6.60. The largest absolute Gasteiger partial charge is 0.450 e. The van der Waals surface area contributed by atoms with Gasteiger partial charge in [-0.2, -0.15) is 0 Å². The van der Waals surface area contributed by atoms with Gasteiger partial charge in [0.2, 0.25) is 5.91 Å². The lowest BCUT2D eigenvalue weighted by molar-refractivity contribution is -0.133. The van der Waals surface area contributed by atoms with Crippen LogP contribution in [0.5, 0.6) is 0 Å². The summed E-state index contributed by atoms with van der Waals surface area (Å²) in [5.41, 5.74) is 2.73. The lowest BCUT2D eigenvalue weighted by atomic mass is 10.00. The van der Waals surface area contributed by atoms with E-state index in [1.54, 1.807) is 21.4 Å². The van der Waals surface area contributed by atoms with Crippen LogP contribution in [0, 0.1) is 0 Å². The molecule has 10 nitrogen and oxygen atoms in total. The summed E-state index contributed by atoms with van der Waals surface area (Å²) in [7, 11) is 0. The van der Waals surface area contributed by atoms with E-state index < -0.39 is 0 Å². The minimum absolute atomic E-state index is 0.0453. The highest BCUT2D eigenvalue weighted by Crippen LogP contribution is 2.19. The molecule has 0 radical (unpaired) electrons. The number of amides is 2. The summed E-state index contributed by atoms with van der Waals surface area (Å²) in [6.45, 7) is 6.54. The molecule has 0 atom stereocenters. The Labute approximate surface area is 175 Å². The molecule has 1 aromatic heterocycles. The summed E-state index contributed by atoms with van der Waals surface area (Å²) in [6, 6.07) is 8.47. The van der Waals surface area contributed by atoms with Gasteiger partial charge in [0.1, 0.15) is 6.54 Å². The summed E-state index contributed by atoms with van der Waals surface area (Å²) in [4.78, 5) is 30.2. The van der Waals surface area contributed by atoms with E-state index in [0.717, 1.165) is 19.5 Å². The molecule has 1 saturated heterocycles. The lowest BCUT2D eigenvalue weighted by Crippen LogP contribution is -2.51. The summed E-state index contributed by atoms with van der Waals surface area (Å²) in [5, 5.41) is 11.9. The number of carbonyl (C=O) groups is 2. The van der Waals surface area contributed by atoms with Gasteiger partial charge in [0, 0.05) is 39.3 Å². The zero-order valence-corrected chi connectivity index (χ0v) is 17.2. The number of hydrogen-bond acceptors (Lipinski definition) is 7. The highest BCUT2D eigenvalue weighted by molar-refractivity contribution is 5.76. The Morgan fingerprint density at radius 2 is 1.77 bits per heavy atom. The van der Waals surface area contributed by atoms with Gasteiger partial charge < -0.3 is 14.5 Å². The van der Waals surface area contributed by atoms with Crippen molar-refractivity contribution < 1.29 is 14.3 Å². The van der Waals surface area contributed by atoms with Crippen molar-refractivity contribution in [3.63, 3.8) is 0 Å². The maximum absolute atomic E-state index is 12.7. The topological polar surface area (TPSA) is 96.7 Å². The number of tetrazole rings is 1. The number of carbonyl (C=O) groups excluding carboxylic acids is 2. The minimum atomic E-state index is -0.324. The van der Waals surface area contributed by atoms with E-state index in [2.05, 4.69) is 44.7 Å². The van der Waals surface area contributed by atoms with Crippen LogP contribution >= 0.6 is 0 Å². The van der Waals surface area contributed by atoms with Crippen LogP contribution in [0.2, 0.25) is 0 Å². The van der Waals surface area contributed by atoms with E-state index >= 15 is 0 Å². The third-order valence-corrected chi connectivity index (χ3v) is 5.62. The highest BCUT2D eigenvalue weighted by Gasteiger charge is 2.26. The van der Waals surface area contributed by atoms with Crippen molar-refractivity contribution in [1.29, 1.82) is 0 Å². The van der Waals surface area contributed by atoms with E-state index in [0.29, 0.717) is 45.2 Å².